The van der Waals surface area contributed by atoms with E-state index in [0.717, 1.165) is 25.0 Å². The van der Waals surface area contributed by atoms with Crippen LogP contribution in [0.15, 0.2) is 23.1 Å². The lowest BCUT2D eigenvalue weighted by Crippen LogP contribution is -2.33. The van der Waals surface area contributed by atoms with Gasteiger partial charge in [0.2, 0.25) is 10.0 Å². The molecule has 1 atom stereocenters. The fourth-order valence-corrected chi connectivity index (χ4v) is 2.88. The van der Waals surface area contributed by atoms with E-state index in [-0.39, 0.29) is 18.0 Å². The lowest BCUT2D eigenvalue weighted by molar-refractivity contribution is 0.0696. The molecule has 110 valence electrons. The number of aliphatic hydroxyl groups excluding tert-OH is 1. The number of nitrogens with one attached hydrogen (secondary N) is 1. The standard InChI is InChI=1S/C12H14FNO5S/c13-9-5-8(12(16)17)3-4-11(9)20(18,19)14-6-10(15)7-1-2-7/h3-5,7,10,14-15H,1-2,6H2,(H,16,17). The molecule has 2 rings (SSSR count). The van der Waals surface area contributed by atoms with E-state index in [2.05, 4.69) is 4.72 Å². The molecule has 1 aromatic carbocycles. The number of hydrogen-bond donors (Lipinski definition) is 3. The summed E-state index contributed by atoms with van der Waals surface area (Å²) in [6.07, 6.45) is 0.918. The maximum atomic E-state index is 13.7. The van der Waals surface area contributed by atoms with Crippen molar-refractivity contribution in [3.63, 3.8) is 0 Å². The summed E-state index contributed by atoms with van der Waals surface area (Å²) in [4.78, 5) is 10.0. The van der Waals surface area contributed by atoms with Gasteiger partial charge in [-0.2, -0.15) is 0 Å². The molecule has 0 aromatic heterocycles. The molecule has 0 heterocycles. The summed E-state index contributed by atoms with van der Waals surface area (Å²) in [5, 5.41) is 18.3. The van der Waals surface area contributed by atoms with E-state index in [0.29, 0.717) is 6.07 Å². The largest absolute Gasteiger partial charge is 0.478 e. The van der Waals surface area contributed by atoms with Gasteiger partial charge in [0.1, 0.15) is 10.7 Å². The zero-order valence-corrected chi connectivity index (χ0v) is 11.2. The molecule has 1 aliphatic carbocycles. The van der Waals surface area contributed by atoms with Gasteiger partial charge in [-0.15, -0.1) is 0 Å². The Morgan fingerprint density at radius 2 is 2.10 bits per heavy atom. The summed E-state index contributed by atoms with van der Waals surface area (Å²) in [5.74, 6) is -2.39. The zero-order valence-electron chi connectivity index (χ0n) is 10.4. The Labute approximate surface area is 115 Å². The monoisotopic (exact) mass is 303 g/mol. The van der Waals surface area contributed by atoms with Crippen molar-refractivity contribution in [2.75, 3.05) is 6.54 Å². The van der Waals surface area contributed by atoms with Crippen molar-refractivity contribution in [2.24, 2.45) is 5.92 Å². The molecule has 1 aliphatic rings. The SMILES string of the molecule is O=C(O)c1ccc(S(=O)(=O)NCC(O)C2CC2)c(F)c1. The first-order valence-electron chi connectivity index (χ1n) is 6.02. The molecule has 1 fully saturated rings. The number of aliphatic hydroxyl groups is 1. The van der Waals surface area contributed by atoms with Crippen LogP contribution in [0.3, 0.4) is 0 Å². The van der Waals surface area contributed by atoms with Crippen LogP contribution < -0.4 is 4.72 Å². The van der Waals surface area contributed by atoms with Gasteiger partial charge in [0.05, 0.1) is 11.7 Å². The predicted octanol–water partition coefficient (Wildman–Crippen LogP) is 0.573. The average Bonchev–Trinajstić information content (AvgIpc) is 3.19. The summed E-state index contributed by atoms with van der Waals surface area (Å²) in [6.45, 7) is -0.187. The number of sulfonamides is 1. The first kappa shape index (κ1) is 14.9. The van der Waals surface area contributed by atoms with Gasteiger partial charge >= 0.3 is 5.97 Å². The smallest absolute Gasteiger partial charge is 0.335 e. The second-order valence-electron chi connectivity index (χ2n) is 4.71. The van der Waals surface area contributed by atoms with E-state index in [9.17, 15) is 22.7 Å². The van der Waals surface area contributed by atoms with Crippen LogP contribution in [0.5, 0.6) is 0 Å². The normalized spacial score (nSPS) is 16.9. The van der Waals surface area contributed by atoms with Gasteiger partial charge in [0.15, 0.2) is 0 Å². The highest BCUT2D eigenvalue weighted by molar-refractivity contribution is 7.89. The van der Waals surface area contributed by atoms with Crippen LogP contribution in [0.4, 0.5) is 4.39 Å². The van der Waals surface area contributed by atoms with Crippen molar-refractivity contribution in [2.45, 2.75) is 23.8 Å². The summed E-state index contributed by atoms with van der Waals surface area (Å²) >= 11 is 0. The van der Waals surface area contributed by atoms with Crippen LogP contribution in [-0.2, 0) is 10.0 Å². The van der Waals surface area contributed by atoms with E-state index in [1.165, 1.54) is 0 Å². The second kappa shape index (κ2) is 5.47. The molecule has 6 nitrogen and oxygen atoms in total. The first-order valence-corrected chi connectivity index (χ1v) is 7.50. The van der Waals surface area contributed by atoms with Gasteiger partial charge in [0, 0.05) is 6.54 Å². The van der Waals surface area contributed by atoms with E-state index < -0.39 is 32.8 Å². The van der Waals surface area contributed by atoms with Crippen molar-refractivity contribution >= 4 is 16.0 Å². The van der Waals surface area contributed by atoms with Crippen LogP contribution in [0.25, 0.3) is 0 Å². The Kier molecular flexibility index (Phi) is 4.07. The highest BCUT2D eigenvalue weighted by atomic mass is 32.2. The highest BCUT2D eigenvalue weighted by Crippen LogP contribution is 2.32. The lowest BCUT2D eigenvalue weighted by atomic mass is 10.2. The number of carboxylic acids is 1. The topological polar surface area (TPSA) is 104 Å². The molecule has 0 amide bonds. The molecule has 0 aliphatic heterocycles. The number of rotatable bonds is 6. The molecular weight excluding hydrogens is 289 g/mol. The van der Waals surface area contributed by atoms with E-state index in [1.54, 1.807) is 0 Å². The summed E-state index contributed by atoms with van der Waals surface area (Å²) in [6, 6.07) is 2.55. The quantitative estimate of drug-likeness (QED) is 0.713. The molecule has 0 spiro atoms. The average molecular weight is 303 g/mol. The van der Waals surface area contributed by atoms with E-state index >= 15 is 0 Å². The second-order valence-corrected chi connectivity index (χ2v) is 6.44. The number of halogens is 1. The fourth-order valence-electron chi connectivity index (χ4n) is 1.77. The zero-order chi connectivity index (χ0) is 14.9. The summed E-state index contributed by atoms with van der Waals surface area (Å²) in [7, 11) is -4.11. The molecular formula is C12H14FNO5S. The number of aromatic carboxylic acids is 1. The lowest BCUT2D eigenvalue weighted by Gasteiger charge is -2.12. The third-order valence-electron chi connectivity index (χ3n) is 3.12. The third-order valence-corrected chi connectivity index (χ3v) is 4.57. The number of benzene rings is 1. The van der Waals surface area contributed by atoms with E-state index in [4.69, 9.17) is 5.11 Å². The van der Waals surface area contributed by atoms with Gasteiger partial charge in [-0.3, -0.25) is 0 Å². The Hall–Kier alpha value is -1.51. The van der Waals surface area contributed by atoms with Gasteiger partial charge in [-0.05, 0) is 37.0 Å². The van der Waals surface area contributed by atoms with Gasteiger partial charge in [0.25, 0.3) is 0 Å². The molecule has 8 heteroatoms. The molecule has 0 radical (unpaired) electrons. The Balaban J connectivity index is 2.14. The van der Waals surface area contributed by atoms with Crippen molar-refractivity contribution in [1.29, 1.82) is 0 Å². The highest BCUT2D eigenvalue weighted by Gasteiger charge is 2.31. The fraction of sp³-hybridized carbons (Fsp3) is 0.417. The number of carboxylic acid groups (broad SMARTS) is 1. The Morgan fingerprint density at radius 3 is 2.60 bits per heavy atom. The minimum absolute atomic E-state index is 0.0944. The minimum atomic E-state index is -4.11. The maximum Gasteiger partial charge on any atom is 0.335 e. The van der Waals surface area contributed by atoms with Crippen molar-refractivity contribution in [3.05, 3.63) is 29.6 Å². The van der Waals surface area contributed by atoms with Gasteiger partial charge in [-0.25, -0.2) is 22.3 Å². The van der Waals surface area contributed by atoms with Crippen LogP contribution in [0.1, 0.15) is 23.2 Å². The molecule has 1 aromatic rings. The minimum Gasteiger partial charge on any atom is -0.478 e. The Morgan fingerprint density at radius 1 is 1.45 bits per heavy atom. The summed E-state index contributed by atoms with van der Waals surface area (Å²) in [5.41, 5.74) is -0.334. The molecule has 1 saturated carbocycles. The van der Waals surface area contributed by atoms with E-state index in [1.807, 2.05) is 0 Å². The maximum absolute atomic E-state index is 13.7. The number of carbonyl (C=O) groups is 1. The molecule has 1 unspecified atom stereocenters. The predicted molar refractivity (Wildman–Crippen MR) is 67.3 cm³/mol. The van der Waals surface area contributed by atoms with Crippen molar-refractivity contribution in [1.82, 2.24) is 4.72 Å². The van der Waals surface area contributed by atoms with Crippen molar-refractivity contribution < 1.29 is 27.8 Å². The van der Waals surface area contributed by atoms with Crippen LogP contribution in [0, 0.1) is 11.7 Å². The summed E-state index contributed by atoms with van der Waals surface area (Å²) < 4.78 is 39.5. The molecule has 0 bridgehead atoms. The first-order chi connectivity index (χ1) is 9.31. The van der Waals surface area contributed by atoms with Gasteiger partial charge in [-0.1, -0.05) is 0 Å². The van der Waals surface area contributed by atoms with Crippen LogP contribution in [0.2, 0.25) is 0 Å². The van der Waals surface area contributed by atoms with Crippen LogP contribution >= 0.6 is 0 Å². The Bertz CT molecular complexity index is 627. The van der Waals surface area contributed by atoms with Crippen molar-refractivity contribution in [3.8, 4) is 0 Å². The molecule has 20 heavy (non-hydrogen) atoms. The molecule has 0 saturated heterocycles. The molecule has 3 N–H and O–H groups in total. The van der Waals surface area contributed by atoms with Crippen LogP contribution in [-0.4, -0.2) is 37.2 Å². The number of hydrogen-bond acceptors (Lipinski definition) is 4. The third kappa shape index (κ3) is 3.33. The van der Waals surface area contributed by atoms with Gasteiger partial charge < -0.3 is 10.2 Å².